The summed E-state index contributed by atoms with van der Waals surface area (Å²) in [6, 6.07) is 52.6. The van der Waals surface area contributed by atoms with E-state index in [9.17, 15) is 0 Å². The smallest absolute Gasteiger partial charge is 0.106 e. The molecule has 5 nitrogen and oxygen atoms in total. The molecule has 0 unspecified atom stereocenters. The van der Waals surface area contributed by atoms with Crippen LogP contribution >= 0.6 is 0 Å². The van der Waals surface area contributed by atoms with Gasteiger partial charge in [0.15, 0.2) is 0 Å². The van der Waals surface area contributed by atoms with Crippen LogP contribution in [0.5, 0.6) is 0 Å². The summed E-state index contributed by atoms with van der Waals surface area (Å²) in [5.74, 6) is 0. The van der Waals surface area contributed by atoms with Crippen LogP contribution in [0.3, 0.4) is 0 Å². The summed E-state index contributed by atoms with van der Waals surface area (Å²) in [5.41, 5.74) is 11.5. The second kappa shape index (κ2) is 10.5. The van der Waals surface area contributed by atoms with Crippen LogP contribution < -0.4 is 10.7 Å². The van der Waals surface area contributed by atoms with Crippen molar-refractivity contribution in [3.63, 3.8) is 0 Å². The lowest BCUT2D eigenvalue weighted by molar-refractivity contribution is 0.879. The maximum absolute atomic E-state index is 5.20. The van der Waals surface area contributed by atoms with Crippen molar-refractivity contribution in [2.75, 3.05) is 0 Å². The highest BCUT2D eigenvalue weighted by Crippen LogP contribution is 2.52. The van der Waals surface area contributed by atoms with Gasteiger partial charge in [-0.25, -0.2) is 9.98 Å². The number of benzene rings is 7. The van der Waals surface area contributed by atoms with E-state index in [1.54, 1.807) is 0 Å². The fourth-order valence-electron chi connectivity index (χ4n) is 7.34. The Bertz CT molecular complexity index is 2820. The van der Waals surface area contributed by atoms with Gasteiger partial charge in [0, 0.05) is 38.3 Å². The summed E-state index contributed by atoms with van der Waals surface area (Å²) in [6.45, 7) is 0. The number of hydrogen-bond donors (Lipinski definition) is 0. The molecule has 2 aliphatic heterocycles. The second-order valence-electron chi connectivity index (χ2n) is 12.1. The number of hydrogen-bond acceptors (Lipinski definition) is 5. The molecule has 48 heavy (non-hydrogen) atoms. The number of nitrogens with zero attached hydrogens (tertiary/aromatic N) is 5. The van der Waals surface area contributed by atoms with Gasteiger partial charge in [-0.05, 0) is 56.9 Å². The molecule has 0 bridgehead atoms. The summed E-state index contributed by atoms with van der Waals surface area (Å²) in [6.07, 6.45) is 0. The zero-order chi connectivity index (χ0) is 31.6. The van der Waals surface area contributed by atoms with Gasteiger partial charge < -0.3 is 0 Å². The third-order valence-electron chi connectivity index (χ3n) is 9.45. The van der Waals surface area contributed by atoms with Crippen LogP contribution in [0.4, 0.5) is 11.4 Å². The monoisotopic (exact) mass is 611 g/mol. The maximum atomic E-state index is 5.20. The van der Waals surface area contributed by atoms with Crippen LogP contribution in [-0.4, -0.2) is 15.4 Å². The van der Waals surface area contributed by atoms with E-state index in [0.717, 1.165) is 99.2 Å². The van der Waals surface area contributed by atoms with Gasteiger partial charge in [0.25, 0.3) is 0 Å². The topological polar surface area (TPSA) is 63.4 Å². The molecule has 7 aromatic carbocycles. The summed E-state index contributed by atoms with van der Waals surface area (Å²) in [7, 11) is 0. The molecule has 5 heteroatoms. The lowest BCUT2D eigenvalue weighted by atomic mass is 9.84. The van der Waals surface area contributed by atoms with Crippen molar-refractivity contribution in [3.05, 3.63) is 173 Å². The molecular formula is C43H25N5. The number of aromatic nitrogens is 3. The van der Waals surface area contributed by atoms with Crippen molar-refractivity contribution in [2.24, 2.45) is 9.98 Å². The van der Waals surface area contributed by atoms with Gasteiger partial charge in [0.05, 0.1) is 22.1 Å². The summed E-state index contributed by atoms with van der Waals surface area (Å²) in [4.78, 5) is 10.4. The standard InChI is InChI=1S/C43H25N5/c1-3-12-27(13-4-1)30-22-24-35-39(40-36(44-35)25-23-33-31-19-9-10-21-34(31)45-42(33)40)37(30)43-38(32-20-11-17-26-14-7-8-18-29(26)32)41(46-48-47-43)28-15-5-2-6-16-28/h1-25H. The lowest BCUT2D eigenvalue weighted by Gasteiger charge is -2.20. The first-order valence-electron chi connectivity index (χ1n) is 16.0. The molecule has 8 aromatic rings. The van der Waals surface area contributed by atoms with Crippen LogP contribution in [-0.2, 0) is 0 Å². The Labute approximate surface area is 275 Å². The molecule has 222 valence electrons. The molecular weight excluding hydrogens is 587 g/mol. The SMILES string of the molecule is c1ccc(-c2ccc3c(c2-c2nnnc(-c4ccccc4)c2-c2cccc4ccccc24)-c2c4c(ccc2=N3)=c2ccccc2=N4)cc1. The fourth-order valence-corrected chi connectivity index (χ4v) is 7.34. The lowest BCUT2D eigenvalue weighted by Crippen LogP contribution is -2.04. The summed E-state index contributed by atoms with van der Waals surface area (Å²) in [5, 5.41) is 20.6. The van der Waals surface area contributed by atoms with Gasteiger partial charge in [0.2, 0.25) is 0 Å². The Morgan fingerprint density at radius 1 is 0.375 bits per heavy atom. The molecule has 0 saturated heterocycles. The second-order valence-corrected chi connectivity index (χ2v) is 12.1. The number of para-hydroxylation sites is 1. The van der Waals surface area contributed by atoms with Gasteiger partial charge in [-0.2, -0.15) is 0 Å². The van der Waals surface area contributed by atoms with Gasteiger partial charge in [-0.15, -0.1) is 10.2 Å². The largest absolute Gasteiger partial charge is 0.248 e. The van der Waals surface area contributed by atoms with Crippen LogP contribution in [0.15, 0.2) is 162 Å². The average Bonchev–Trinajstić information content (AvgIpc) is 3.73. The molecule has 2 aliphatic rings. The first-order valence-corrected chi connectivity index (χ1v) is 16.0. The van der Waals surface area contributed by atoms with Crippen LogP contribution in [0.25, 0.3) is 66.7 Å². The Morgan fingerprint density at radius 2 is 1.10 bits per heavy atom. The number of rotatable bonds is 4. The third kappa shape index (κ3) is 3.94. The predicted octanol–water partition coefficient (Wildman–Crippen LogP) is 9.18. The first-order chi connectivity index (χ1) is 23.8. The van der Waals surface area contributed by atoms with E-state index in [4.69, 9.17) is 20.2 Å². The Kier molecular flexibility index (Phi) is 5.81. The van der Waals surface area contributed by atoms with Crippen molar-refractivity contribution in [1.29, 1.82) is 0 Å². The van der Waals surface area contributed by atoms with E-state index in [0.29, 0.717) is 0 Å². The van der Waals surface area contributed by atoms with E-state index in [2.05, 4.69) is 127 Å². The van der Waals surface area contributed by atoms with Crippen LogP contribution in [0.2, 0.25) is 0 Å². The molecule has 0 amide bonds. The van der Waals surface area contributed by atoms with E-state index in [-0.39, 0.29) is 0 Å². The van der Waals surface area contributed by atoms with Crippen LogP contribution in [0, 0.1) is 10.4 Å². The van der Waals surface area contributed by atoms with Crippen molar-refractivity contribution in [3.8, 4) is 55.9 Å². The Hall–Kier alpha value is -6.59. The molecule has 10 rings (SSSR count). The quantitative estimate of drug-likeness (QED) is 0.199. The molecule has 0 fully saturated rings. The van der Waals surface area contributed by atoms with E-state index >= 15 is 0 Å². The average molecular weight is 612 g/mol. The molecule has 0 spiro atoms. The van der Waals surface area contributed by atoms with Gasteiger partial charge in [0.1, 0.15) is 11.4 Å². The third-order valence-corrected chi connectivity index (χ3v) is 9.45. The van der Waals surface area contributed by atoms with Gasteiger partial charge in [-0.1, -0.05) is 127 Å². The van der Waals surface area contributed by atoms with E-state index in [1.165, 1.54) is 0 Å². The zero-order valence-corrected chi connectivity index (χ0v) is 25.7. The minimum Gasteiger partial charge on any atom is -0.248 e. The summed E-state index contributed by atoms with van der Waals surface area (Å²) < 4.78 is 0. The number of fused-ring (bicyclic) bond motifs is 7. The Morgan fingerprint density at radius 3 is 1.98 bits per heavy atom. The minimum absolute atomic E-state index is 0.757. The molecule has 0 saturated carbocycles. The molecule has 0 N–H and O–H groups in total. The molecule has 0 radical (unpaired) electrons. The highest BCUT2D eigenvalue weighted by atomic mass is 15.3. The predicted molar refractivity (Wildman–Crippen MR) is 190 cm³/mol. The Balaban J connectivity index is 1.38. The van der Waals surface area contributed by atoms with Crippen molar-refractivity contribution >= 4 is 22.1 Å². The fraction of sp³-hybridized carbons (Fsp3) is 0. The zero-order valence-electron chi connectivity index (χ0n) is 25.7. The van der Waals surface area contributed by atoms with Crippen molar-refractivity contribution in [2.45, 2.75) is 0 Å². The maximum Gasteiger partial charge on any atom is 0.106 e. The van der Waals surface area contributed by atoms with Crippen molar-refractivity contribution in [1.82, 2.24) is 15.4 Å². The summed E-state index contributed by atoms with van der Waals surface area (Å²) >= 11 is 0. The highest BCUT2D eigenvalue weighted by molar-refractivity contribution is 6.09. The van der Waals surface area contributed by atoms with Gasteiger partial charge in [-0.3, -0.25) is 0 Å². The van der Waals surface area contributed by atoms with Crippen LogP contribution in [0.1, 0.15) is 0 Å². The molecule has 0 aliphatic carbocycles. The highest BCUT2D eigenvalue weighted by Gasteiger charge is 2.30. The first kappa shape index (κ1) is 26.6. The minimum atomic E-state index is 0.757. The molecule has 1 aromatic heterocycles. The van der Waals surface area contributed by atoms with E-state index in [1.807, 2.05) is 30.3 Å². The van der Waals surface area contributed by atoms with Gasteiger partial charge >= 0.3 is 0 Å². The normalized spacial score (nSPS) is 12.1. The molecule has 0 atom stereocenters. The van der Waals surface area contributed by atoms with Crippen molar-refractivity contribution < 1.29 is 0 Å². The molecule has 3 heterocycles. The van der Waals surface area contributed by atoms with E-state index < -0.39 is 0 Å².